The zero-order chi connectivity index (χ0) is 6.85. The Bertz CT molecular complexity index is 98.2. The van der Waals surface area contributed by atoms with E-state index in [1.807, 2.05) is 0 Å². The summed E-state index contributed by atoms with van der Waals surface area (Å²) in [7, 11) is 0. The van der Waals surface area contributed by atoms with Crippen LogP contribution in [0.4, 0.5) is 0 Å². The molecule has 1 aliphatic heterocycles. The second-order valence-corrected chi connectivity index (χ2v) is 3.46. The van der Waals surface area contributed by atoms with Gasteiger partial charge in [-0.15, -0.1) is 0 Å². The summed E-state index contributed by atoms with van der Waals surface area (Å²) < 4.78 is 5.17. The Kier molecular flexibility index (Phi) is 2.69. The zero-order valence-corrected chi connectivity index (χ0v) is 6.98. The topological polar surface area (TPSA) is 49.7 Å². The van der Waals surface area contributed by atoms with Crippen molar-refractivity contribution in [2.24, 2.45) is 0 Å². The number of halogens is 1. The first kappa shape index (κ1) is 7.71. The number of rotatable bonds is 1. The van der Waals surface area contributed by atoms with Crippen molar-refractivity contribution in [2.75, 3.05) is 6.61 Å². The Morgan fingerprint density at radius 1 is 1.67 bits per heavy atom. The lowest BCUT2D eigenvalue weighted by atomic mass is 10.2. The number of hydrogen-bond acceptors (Lipinski definition) is 3. The summed E-state index contributed by atoms with van der Waals surface area (Å²) in [5.74, 6) is 0. The van der Waals surface area contributed by atoms with E-state index in [4.69, 9.17) is 14.9 Å². The predicted molar refractivity (Wildman–Crippen MR) is 40.4 cm³/mol. The lowest BCUT2D eigenvalue weighted by molar-refractivity contribution is 0.000473. The fourth-order valence-electron chi connectivity index (χ4n) is 0.842. The predicted octanol–water partition coefficient (Wildman–Crippen LogP) is -0.110. The third-order valence-corrected chi connectivity index (χ3v) is 2.16. The van der Waals surface area contributed by atoms with E-state index in [1.54, 1.807) is 0 Å². The summed E-state index contributed by atoms with van der Waals surface area (Å²) >= 11 is 2.09. The number of hydrogen-bond donors (Lipinski definition) is 2. The molecule has 0 aromatic heterocycles. The molecule has 0 radical (unpaired) electrons. The second-order valence-electron chi connectivity index (χ2n) is 2.07. The van der Waals surface area contributed by atoms with Gasteiger partial charge in [0.1, 0.15) is 10.2 Å². The molecular weight excluding hydrogens is 235 g/mol. The normalized spacial score (nSPS) is 43.7. The summed E-state index contributed by atoms with van der Waals surface area (Å²) in [6.45, 7) is -0.0827. The molecule has 0 saturated carbocycles. The molecule has 0 aromatic rings. The Morgan fingerprint density at radius 3 is 2.56 bits per heavy atom. The summed E-state index contributed by atoms with van der Waals surface area (Å²) in [6.07, 6.45) is -0.199. The molecule has 1 fully saturated rings. The van der Waals surface area contributed by atoms with Crippen LogP contribution in [0.15, 0.2) is 0 Å². The van der Waals surface area contributed by atoms with Gasteiger partial charge in [-0.3, -0.25) is 0 Å². The van der Waals surface area contributed by atoms with Gasteiger partial charge in [-0.25, -0.2) is 0 Å². The van der Waals surface area contributed by atoms with Gasteiger partial charge in [-0.1, -0.05) is 22.6 Å². The van der Waals surface area contributed by atoms with Crippen LogP contribution in [0, 0.1) is 0 Å². The quantitative estimate of drug-likeness (QED) is 0.499. The fourth-order valence-corrected chi connectivity index (χ4v) is 1.74. The van der Waals surface area contributed by atoms with Crippen molar-refractivity contribution in [3.05, 3.63) is 0 Å². The number of alkyl halides is 1. The summed E-state index contributed by atoms with van der Waals surface area (Å²) in [5.41, 5.74) is 0. The highest BCUT2D eigenvalue weighted by atomic mass is 127. The van der Waals surface area contributed by atoms with E-state index in [0.29, 0.717) is 6.42 Å². The highest BCUT2D eigenvalue weighted by Crippen LogP contribution is 2.24. The van der Waals surface area contributed by atoms with E-state index < -0.39 is 6.10 Å². The summed E-state index contributed by atoms with van der Waals surface area (Å²) in [5, 5.41) is 17.6. The lowest BCUT2D eigenvalue weighted by Gasteiger charge is -2.08. The third-order valence-electron chi connectivity index (χ3n) is 1.36. The van der Waals surface area contributed by atoms with Crippen LogP contribution in [-0.4, -0.2) is 33.1 Å². The first-order valence-electron chi connectivity index (χ1n) is 2.82. The Hall–Kier alpha value is 0.610. The van der Waals surface area contributed by atoms with E-state index in [-0.39, 0.29) is 16.8 Å². The number of ether oxygens (including phenoxy) is 1. The molecule has 0 bridgehead atoms. The maximum absolute atomic E-state index is 9.07. The van der Waals surface area contributed by atoms with Gasteiger partial charge < -0.3 is 14.9 Å². The van der Waals surface area contributed by atoms with Crippen LogP contribution in [-0.2, 0) is 4.74 Å². The highest BCUT2D eigenvalue weighted by Gasteiger charge is 2.31. The highest BCUT2D eigenvalue weighted by molar-refractivity contribution is 14.1. The maximum atomic E-state index is 9.07. The number of aliphatic hydroxyl groups excluding tert-OH is 2. The van der Waals surface area contributed by atoms with E-state index in [0.717, 1.165) is 0 Å². The van der Waals surface area contributed by atoms with Crippen LogP contribution in [0.5, 0.6) is 0 Å². The second kappa shape index (κ2) is 3.14. The van der Waals surface area contributed by atoms with Crippen molar-refractivity contribution in [1.82, 2.24) is 0 Å². The molecular formula is C5H9IO3. The van der Waals surface area contributed by atoms with Crippen LogP contribution in [0.1, 0.15) is 6.42 Å². The minimum atomic E-state index is -0.475. The van der Waals surface area contributed by atoms with Crippen molar-refractivity contribution in [3.63, 3.8) is 0 Å². The van der Waals surface area contributed by atoms with Crippen LogP contribution >= 0.6 is 22.6 Å². The first-order valence-corrected chi connectivity index (χ1v) is 4.07. The molecule has 1 saturated heterocycles. The minimum Gasteiger partial charge on any atom is -0.394 e. The Labute approximate surface area is 67.2 Å². The first-order chi connectivity index (χ1) is 4.24. The van der Waals surface area contributed by atoms with Crippen LogP contribution in [0.25, 0.3) is 0 Å². The van der Waals surface area contributed by atoms with E-state index in [1.165, 1.54) is 0 Å². The van der Waals surface area contributed by atoms with Crippen molar-refractivity contribution in [2.45, 2.75) is 22.7 Å². The summed E-state index contributed by atoms with van der Waals surface area (Å²) in [4.78, 5) is 0. The third kappa shape index (κ3) is 1.76. The van der Waals surface area contributed by atoms with E-state index >= 15 is 0 Å². The largest absolute Gasteiger partial charge is 0.394 e. The maximum Gasteiger partial charge on any atom is 0.112 e. The Balaban J connectivity index is 2.38. The van der Waals surface area contributed by atoms with Gasteiger partial charge in [0.15, 0.2) is 0 Å². The molecule has 0 amide bonds. The number of aliphatic hydroxyl groups is 2. The standard InChI is InChI=1S/C5H9IO3/c6-5-1-3(8)4(2-7)9-5/h3-5,7-8H,1-2H2/t3?,4-,5-/m1/s1. The molecule has 3 nitrogen and oxygen atoms in total. The smallest absolute Gasteiger partial charge is 0.112 e. The van der Waals surface area contributed by atoms with E-state index in [9.17, 15) is 0 Å². The van der Waals surface area contributed by atoms with Gasteiger partial charge >= 0.3 is 0 Å². The molecule has 3 atom stereocenters. The molecule has 0 aliphatic carbocycles. The van der Waals surface area contributed by atoms with Crippen LogP contribution < -0.4 is 0 Å². The van der Waals surface area contributed by atoms with Gasteiger partial charge in [0.05, 0.1) is 12.7 Å². The fraction of sp³-hybridized carbons (Fsp3) is 1.00. The molecule has 0 spiro atoms. The molecule has 4 heteroatoms. The van der Waals surface area contributed by atoms with Gasteiger partial charge in [0.2, 0.25) is 0 Å². The molecule has 2 N–H and O–H groups in total. The SMILES string of the molecule is OC[C@H]1O[C@@H](I)CC1O. The van der Waals surface area contributed by atoms with Crippen molar-refractivity contribution >= 4 is 22.6 Å². The molecule has 1 rings (SSSR count). The average molecular weight is 244 g/mol. The van der Waals surface area contributed by atoms with Crippen molar-refractivity contribution < 1.29 is 14.9 Å². The van der Waals surface area contributed by atoms with Gasteiger partial charge in [-0.05, 0) is 0 Å². The molecule has 1 unspecified atom stereocenters. The summed E-state index contributed by atoms with van der Waals surface area (Å²) in [6, 6.07) is 0. The van der Waals surface area contributed by atoms with Crippen LogP contribution in [0.3, 0.4) is 0 Å². The van der Waals surface area contributed by atoms with Crippen LogP contribution in [0.2, 0.25) is 0 Å². The van der Waals surface area contributed by atoms with Gasteiger partial charge in [-0.2, -0.15) is 0 Å². The lowest BCUT2D eigenvalue weighted by Crippen LogP contribution is -2.24. The average Bonchev–Trinajstić information content (AvgIpc) is 2.10. The monoisotopic (exact) mass is 244 g/mol. The van der Waals surface area contributed by atoms with E-state index in [2.05, 4.69) is 22.6 Å². The molecule has 1 heterocycles. The minimum absolute atomic E-state index is 0.0646. The zero-order valence-electron chi connectivity index (χ0n) is 4.83. The van der Waals surface area contributed by atoms with Crippen molar-refractivity contribution in [3.8, 4) is 0 Å². The van der Waals surface area contributed by atoms with Gasteiger partial charge in [0, 0.05) is 6.42 Å². The Morgan fingerprint density at radius 2 is 2.33 bits per heavy atom. The van der Waals surface area contributed by atoms with Crippen molar-refractivity contribution in [1.29, 1.82) is 0 Å². The molecule has 9 heavy (non-hydrogen) atoms. The molecule has 0 aromatic carbocycles. The van der Waals surface area contributed by atoms with Gasteiger partial charge in [0.25, 0.3) is 0 Å². The molecule has 54 valence electrons. The molecule has 1 aliphatic rings.